The summed E-state index contributed by atoms with van der Waals surface area (Å²) in [5.41, 5.74) is 2.25. The molecule has 2 aromatic rings. The van der Waals surface area contributed by atoms with E-state index in [1.54, 1.807) is 28.0 Å². The van der Waals surface area contributed by atoms with Gasteiger partial charge in [-0.15, -0.1) is 0 Å². The van der Waals surface area contributed by atoms with Gasteiger partial charge >= 0.3 is 0 Å². The van der Waals surface area contributed by atoms with Crippen molar-refractivity contribution in [3.63, 3.8) is 0 Å². The van der Waals surface area contributed by atoms with E-state index in [1.807, 2.05) is 18.2 Å². The predicted octanol–water partition coefficient (Wildman–Crippen LogP) is 4.15. The van der Waals surface area contributed by atoms with Crippen LogP contribution in [0, 0.1) is 5.92 Å². The van der Waals surface area contributed by atoms with E-state index < -0.39 is 6.17 Å². The summed E-state index contributed by atoms with van der Waals surface area (Å²) < 4.78 is 11.0. The molecule has 0 spiro atoms. The van der Waals surface area contributed by atoms with Gasteiger partial charge in [-0.1, -0.05) is 38.5 Å². The second kappa shape index (κ2) is 10.4. The molecule has 0 aliphatic carbocycles. The summed E-state index contributed by atoms with van der Waals surface area (Å²) in [6.45, 7) is 5.28. The smallest absolute Gasteiger partial charge is 0.264 e. The average Bonchev–Trinajstić information content (AvgIpc) is 3.16. The van der Waals surface area contributed by atoms with E-state index in [4.69, 9.17) is 9.47 Å². The van der Waals surface area contributed by atoms with E-state index in [0.29, 0.717) is 53.7 Å². The number of methoxy groups -OCH3 is 2. The monoisotopic (exact) mass is 479 g/mol. The molecule has 0 saturated carbocycles. The van der Waals surface area contributed by atoms with Crippen LogP contribution in [0.15, 0.2) is 36.4 Å². The lowest BCUT2D eigenvalue weighted by Crippen LogP contribution is -2.48. The first kappa shape index (κ1) is 24.6. The highest BCUT2D eigenvalue weighted by Gasteiger charge is 2.49. The third-order valence-corrected chi connectivity index (χ3v) is 6.49. The van der Waals surface area contributed by atoms with Crippen molar-refractivity contribution in [1.29, 1.82) is 0 Å². The van der Waals surface area contributed by atoms with Gasteiger partial charge in [-0.05, 0) is 37.0 Å². The van der Waals surface area contributed by atoms with E-state index in [2.05, 4.69) is 19.2 Å². The van der Waals surface area contributed by atoms with Crippen LogP contribution in [-0.4, -0.2) is 49.9 Å². The minimum atomic E-state index is -0.547. The topological polar surface area (TPSA) is 88.2 Å². The van der Waals surface area contributed by atoms with Gasteiger partial charge in [0.2, 0.25) is 5.91 Å². The summed E-state index contributed by atoms with van der Waals surface area (Å²) in [7, 11) is 3.04. The standard InChI is InChI=1S/C27H33N3O5/c1-17(2)16-28-22(31)12-6-5-9-15-29-25-19-13-14-21(34-3)24(35-4)23(19)27(33)30(25)20-11-8-7-10-18(20)26(29)32/h7-8,10-11,13-14,17,25H,5-6,9,12,15-16H2,1-4H3,(H,28,31)/t25-/m1/s1. The fraction of sp³-hybridized carbons (Fsp3) is 0.444. The summed E-state index contributed by atoms with van der Waals surface area (Å²) in [5.74, 6) is 1.01. The molecule has 0 saturated heterocycles. The Labute approximate surface area is 206 Å². The Kier molecular flexibility index (Phi) is 7.28. The van der Waals surface area contributed by atoms with Crippen LogP contribution in [0.3, 0.4) is 0 Å². The van der Waals surface area contributed by atoms with Gasteiger partial charge in [-0.3, -0.25) is 19.3 Å². The highest BCUT2D eigenvalue weighted by molar-refractivity contribution is 6.18. The maximum Gasteiger partial charge on any atom is 0.264 e. The number of anilines is 1. The van der Waals surface area contributed by atoms with E-state index in [9.17, 15) is 14.4 Å². The molecule has 2 aliphatic rings. The zero-order valence-corrected chi connectivity index (χ0v) is 20.8. The highest BCUT2D eigenvalue weighted by atomic mass is 16.5. The Morgan fingerprint density at radius 3 is 2.49 bits per heavy atom. The SMILES string of the molecule is COc1ccc2c(c1OC)C(=O)N1c3ccccc3C(=O)N(CCCCCC(=O)NCC(C)C)[C@@H]21. The van der Waals surface area contributed by atoms with Crippen LogP contribution in [0.2, 0.25) is 0 Å². The maximum atomic E-state index is 13.7. The van der Waals surface area contributed by atoms with E-state index in [1.165, 1.54) is 14.2 Å². The molecule has 0 radical (unpaired) electrons. The largest absolute Gasteiger partial charge is 0.493 e. The second-order valence-corrected chi connectivity index (χ2v) is 9.34. The molecule has 0 bridgehead atoms. The van der Waals surface area contributed by atoms with Gasteiger partial charge in [0.05, 0.1) is 31.0 Å². The first-order valence-corrected chi connectivity index (χ1v) is 12.1. The molecule has 8 nitrogen and oxygen atoms in total. The molecule has 186 valence electrons. The zero-order chi connectivity index (χ0) is 25.1. The third-order valence-electron chi connectivity index (χ3n) is 6.49. The Hall–Kier alpha value is -3.55. The van der Waals surface area contributed by atoms with Crippen molar-refractivity contribution in [1.82, 2.24) is 10.2 Å². The highest BCUT2D eigenvalue weighted by Crippen LogP contribution is 2.49. The van der Waals surface area contributed by atoms with Gasteiger partial charge in [0, 0.05) is 25.1 Å². The molecule has 1 N–H and O–H groups in total. The summed E-state index contributed by atoms with van der Waals surface area (Å²) in [4.78, 5) is 42.6. The van der Waals surface area contributed by atoms with Crippen LogP contribution in [0.5, 0.6) is 11.5 Å². The lowest BCUT2D eigenvalue weighted by atomic mass is 10.0. The third kappa shape index (κ3) is 4.57. The molecule has 8 heteroatoms. The Bertz CT molecular complexity index is 1130. The number of nitrogens with zero attached hydrogens (tertiary/aromatic N) is 2. The first-order chi connectivity index (χ1) is 16.9. The number of ether oxygens (including phenoxy) is 2. The minimum Gasteiger partial charge on any atom is -0.493 e. The Balaban J connectivity index is 1.56. The molecule has 2 heterocycles. The molecule has 2 aliphatic heterocycles. The quantitative estimate of drug-likeness (QED) is 0.517. The van der Waals surface area contributed by atoms with Crippen molar-refractivity contribution < 1.29 is 23.9 Å². The zero-order valence-electron chi connectivity index (χ0n) is 20.8. The fourth-order valence-corrected chi connectivity index (χ4v) is 4.80. The van der Waals surface area contributed by atoms with E-state index in [0.717, 1.165) is 24.8 Å². The van der Waals surface area contributed by atoms with Crippen LogP contribution in [0.4, 0.5) is 5.69 Å². The molecule has 0 fully saturated rings. The molecule has 0 aromatic heterocycles. The van der Waals surface area contributed by atoms with Gasteiger partial charge in [-0.25, -0.2) is 0 Å². The van der Waals surface area contributed by atoms with Gasteiger partial charge in [0.15, 0.2) is 11.5 Å². The number of hydrogen-bond donors (Lipinski definition) is 1. The average molecular weight is 480 g/mol. The van der Waals surface area contributed by atoms with Gasteiger partial charge in [0.1, 0.15) is 6.17 Å². The van der Waals surface area contributed by atoms with Crippen molar-refractivity contribution in [3.8, 4) is 11.5 Å². The van der Waals surface area contributed by atoms with Crippen molar-refractivity contribution in [2.75, 3.05) is 32.2 Å². The molecular formula is C27H33N3O5. The second-order valence-electron chi connectivity index (χ2n) is 9.34. The predicted molar refractivity (Wildman–Crippen MR) is 133 cm³/mol. The van der Waals surface area contributed by atoms with Crippen molar-refractivity contribution in [2.45, 2.75) is 45.7 Å². The van der Waals surface area contributed by atoms with Crippen LogP contribution in [0.1, 0.15) is 72.0 Å². The van der Waals surface area contributed by atoms with Crippen LogP contribution >= 0.6 is 0 Å². The van der Waals surface area contributed by atoms with Gasteiger partial charge in [-0.2, -0.15) is 0 Å². The fourth-order valence-electron chi connectivity index (χ4n) is 4.80. The number of benzene rings is 2. The molecular weight excluding hydrogens is 446 g/mol. The summed E-state index contributed by atoms with van der Waals surface area (Å²) in [6, 6.07) is 10.8. The van der Waals surface area contributed by atoms with E-state index >= 15 is 0 Å². The lowest BCUT2D eigenvalue weighted by molar-refractivity contribution is -0.121. The van der Waals surface area contributed by atoms with Crippen LogP contribution < -0.4 is 19.7 Å². The molecule has 3 amide bonds. The van der Waals surface area contributed by atoms with E-state index in [-0.39, 0.29) is 17.7 Å². The minimum absolute atomic E-state index is 0.0595. The number of hydrogen-bond acceptors (Lipinski definition) is 5. The normalized spacial score (nSPS) is 16.2. The van der Waals surface area contributed by atoms with Crippen molar-refractivity contribution in [2.24, 2.45) is 5.92 Å². The Morgan fingerprint density at radius 2 is 1.77 bits per heavy atom. The number of amides is 3. The van der Waals surface area contributed by atoms with Crippen molar-refractivity contribution >= 4 is 23.4 Å². The number of carbonyl (C=O) groups is 3. The summed E-state index contributed by atoms with van der Waals surface area (Å²) in [6.07, 6.45) is 2.20. The number of fused-ring (bicyclic) bond motifs is 5. The number of unbranched alkanes of at least 4 members (excludes halogenated alkanes) is 2. The van der Waals surface area contributed by atoms with Crippen LogP contribution in [0.25, 0.3) is 0 Å². The lowest BCUT2D eigenvalue weighted by Gasteiger charge is -2.41. The number of rotatable bonds is 10. The van der Waals surface area contributed by atoms with Gasteiger partial charge < -0.3 is 19.7 Å². The number of para-hydroxylation sites is 1. The maximum absolute atomic E-state index is 13.7. The van der Waals surface area contributed by atoms with Crippen LogP contribution in [-0.2, 0) is 4.79 Å². The number of nitrogens with one attached hydrogen (secondary N) is 1. The number of carbonyl (C=O) groups excluding carboxylic acids is 3. The molecule has 2 aromatic carbocycles. The molecule has 35 heavy (non-hydrogen) atoms. The molecule has 1 atom stereocenters. The van der Waals surface area contributed by atoms with Gasteiger partial charge in [0.25, 0.3) is 11.8 Å². The summed E-state index contributed by atoms with van der Waals surface area (Å²) in [5, 5.41) is 2.94. The summed E-state index contributed by atoms with van der Waals surface area (Å²) >= 11 is 0. The van der Waals surface area contributed by atoms with Crippen molar-refractivity contribution in [3.05, 3.63) is 53.1 Å². The Morgan fingerprint density at radius 1 is 1.00 bits per heavy atom. The molecule has 0 unspecified atom stereocenters. The first-order valence-electron chi connectivity index (χ1n) is 12.1. The molecule has 4 rings (SSSR count).